The lowest BCUT2D eigenvalue weighted by Gasteiger charge is -2.54. The minimum absolute atomic E-state index is 0.0336. The van der Waals surface area contributed by atoms with Crippen LogP contribution in [0.15, 0.2) is 18.2 Å². The highest BCUT2D eigenvalue weighted by Gasteiger charge is 2.46. The van der Waals surface area contributed by atoms with Crippen LogP contribution in [0.2, 0.25) is 5.02 Å². The molecule has 2 bridgehead atoms. The summed E-state index contributed by atoms with van der Waals surface area (Å²) < 4.78 is 0.953. The Bertz CT molecular complexity index is 510. The second-order valence-electron chi connectivity index (χ2n) is 5.59. The van der Waals surface area contributed by atoms with Crippen LogP contribution in [0.1, 0.15) is 26.2 Å². The molecule has 1 aromatic carbocycles. The molecule has 5 heteroatoms. The van der Waals surface area contributed by atoms with Crippen LogP contribution in [0.4, 0.5) is 10.5 Å². The van der Waals surface area contributed by atoms with Crippen LogP contribution in [0.25, 0.3) is 0 Å². The Morgan fingerprint density at radius 3 is 2.68 bits per heavy atom. The number of nitrogens with zero attached hydrogens (tertiary/aromatic N) is 1. The standard InChI is InChI=1S/C14H16ClIN2O/c1-8-4-10-7-11(5-8)18(10)14(19)17-9-2-3-12(15)13(16)6-9/h2-3,6,8,10-11H,4-5,7H2,1H3,(H,17,19). The molecule has 3 nitrogen and oxygen atoms in total. The number of nitrogens with one attached hydrogen (secondary N) is 1. The molecule has 1 aromatic rings. The van der Waals surface area contributed by atoms with Crippen LogP contribution in [0, 0.1) is 9.49 Å². The molecule has 19 heavy (non-hydrogen) atoms. The lowest BCUT2D eigenvalue weighted by Crippen LogP contribution is -2.63. The summed E-state index contributed by atoms with van der Waals surface area (Å²) in [7, 11) is 0. The van der Waals surface area contributed by atoms with Crippen LogP contribution >= 0.6 is 34.2 Å². The van der Waals surface area contributed by atoms with Crippen LogP contribution in [0.5, 0.6) is 0 Å². The molecule has 0 spiro atoms. The number of piperidine rings is 1. The molecule has 0 radical (unpaired) electrons. The highest BCUT2D eigenvalue weighted by Crippen LogP contribution is 2.41. The van der Waals surface area contributed by atoms with E-state index in [1.54, 1.807) is 0 Å². The molecule has 2 saturated heterocycles. The van der Waals surface area contributed by atoms with Crippen LogP contribution < -0.4 is 5.32 Å². The van der Waals surface area contributed by atoms with Crippen molar-refractivity contribution in [2.24, 2.45) is 5.92 Å². The van der Waals surface area contributed by atoms with E-state index in [4.69, 9.17) is 11.6 Å². The van der Waals surface area contributed by atoms with Gasteiger partial charge in [-0.1, -0.05) is 18.5 Å². The van der Waals surface area contributed by atoms with Gasteiger partial charge in [0.25, 0.3) is 0 Å². The zero-order valence-corrected chi connectivity index (χ0v) is 13.6. The fourth-order valence-corrected chi connectivity index (χ4v) is 3.87. The fraction of sp³-hybridized carbons (Fsp3) is 0.500. The number of benzene rings is 1. The van der Waals surface area contributed by atoms with Crippen molar-refractivity contribution in [3.63, 3.8) is 0 Å². The first-order chi connectivity index (χ1) is 9.04. The minimum atomic E-state index is 0.0336. The van der Waals surface area contributed by atoms with Crippen molar-refractivity contribution in [1.82, 2.24) is 4.90 Å². The molecule has 3 fully saturated rings. The molecule has 0 aromatic heterocycles. The van der Waals surface area contributed by atoms with Crippen molar-refractivity contribution in [1.29, 1.82) is 0 Å². The summed E-state index contributed by atoms with van der Waals surface area (Å²) in [5.41, 5.74) is 0.817. The van der Waals surface area contributed by atoms with Crippen molar-refractivity contribution >= 4 is 45.9 Å². The molecule has 2 atom stereocenters. The van der Waals surface area contributed by atoms with Gasteiger partial charge in [-0.2, -0.15) is 0 Å². The van der Waals surface area contributed by atoms with E-state index in [-0.39, 0.29) is 6.03 Å². The molecule has 1 N–H and O–H groups in total. The fourth-order valence-electron chi connectivity index (χ4n) is 3.24. The smallest absolute Gasteiger partial charge is 0.318 e. The quantitative estimate of drug-likeness (QED) is 0.711. The van der Waals surface area contributed by atoms with Gasteiger partial charge in [-0.15, -0.1) is 0 Å². The average molecular weight is 391 g/mol. The first-order valence-electron chi connectivity index (χ1n) is 6.59. The molecule has 1 saturated carbocycles. The summed E-state index contributed by atoms with van der Waals surface area (Å²) >= 11 is 8.15. The number of urea groups is 1. The number of amides is 2. The SMILES string of the molecule is CC1CC2CC(C1)N2C(=O)Nc1ccc(Cl)c(I)c1. The monoisotopic (exact) mass is 390 g/mol. The van der Waals surface area contributed by atoms with Gasteiger partial charge in [0.15, 0.2) is 0 Å². The van der Waals surface area contributed by atoms with Gasteiger partial charge in [0.05, 0.1) is 5.02 Å². The first kappa shape index (κ1) is 13.5. The van der Waals surface area contributed by atoms with Crippen LogP contribution in [-0.4, -0.2) is 23.0 Å². The van der Waals surface area contributed by atoms with Crippen molar-refractivity contribution in [2.75, 3.05) is 5.32 Å². The normalized spacial score (nSPS) is 28.8. The van der Waals surface area contributed by atoms with E-state index in [9.17, 15) is 4.79 Å². The topological polar surface area (TPSA) is 32.3 Å². The molecule has 102 valence electrons. The summed E-state index contributed by atoms with van der Waals surface area (Å²) in [6, 6.07) is 6.49. The lowest BCUT2D eigenvalue weighted by atomic mass is 9.74. The van der Waals surface area contributed by atoms with Crippen molar-refractivity contribution in [2.45, 2.75) is 38.3 Å². The van der Waals surface area contributed by atoms with E-state index in [2.05, 4.69) is 34.8 Å². The number of fused-ring (bicyclic) bond motifs is 2. The molecule has 1 aliphatic carbocycles. The molecule has 3 aliphatic rings. The number of rotatable bonds is 1. The predicted octanol–water partition coefficient (Wildman–Crippen LogP) is 4.35. The Kier molecular flexibility index (Phi) is 3.64. The van der Waals surface area contributed by atoms with E-state index < -0.39 is 0 Å². The zero-order chi connectivity index (χ0) is 13.6. The van der Waals surface area contributed by atoms with E-state index in [1.807, 2.05) is 23.1 Å². The van der Waals surface area contributed by atoms with Gasteiger partial charge in [-0.3, -0.25) is 0 Å². The number of carbonyl (C=O) groups excluding carboxylic acids is 1. The third-order valence-electron chi connectivity index (χ3n) is 4.09. The number of anilines is 1. The summed E-state index contributed by atoms with van der Waals surface area (Å²) in [4.78, 5) is 14.3. The Morgan fingerprint density at radius 2 is 2.05 bits per heavy atom. The van der Waals surface area contributed by atoms with Gasteiger partial charge < -0.3 is 10.2 Å². The van der Waals surface area contributed by atoms with E-state index >= 15 is 0 Å². The van der Waals surface area contributed by atoms with Gasteiger partial charge in [-0.05, 0) is 66.0 Å². The first-order valence-corrected chi connectivity index (χ1v) is 8.04. The van der Waals surface area contributed by atoms with Gasteiger partial charge in [0.1, 0.15) is 0 Å². The summed E-state index contributed by atoms with van der Waals surface area (Å²) in [6.45, 7) is 2.27. The number of hydrogen-bond acceptors (Lipinski definition) is 1. The summed E-state index contributed by atoms with van der Waals surface area (Å²) in [5, 5.41) is 3.69. The largest absolute Gasteiger partial charge is 0.322 e. The van der Waals surface area contributed by atoms with Gasteiger partial charge in [0.2, 0.25) is 0 Å². The number of halogens is 2. The Balaban J connectivity index is 1.67. The number of carbonyl (C=O) groups is 1. The maximum absolute atomic E-state index is 12.3. The molecular formula is C14H16ClIN2O. The number of hydrogen-bond donors (Lipinski definition) is 1. The van der Waals surface area contributed by atoms with Crippen LogP contribution in [-0.2, 0) is 0 Å². The maximum atomic E-state index is 12.3. The highest BCUT2D eigenvalue weighted by atomic mass is 127. The predicted molar refractivity (Wildman–Crippen MR) is 85.6 cm³/mol. The molecule has 2 unspecified atom stereocenters. The van der Waals surface area contributed by atoms with Crippen molar-refractivity contribution in [3.05, 3.63) is 26.8 Å². The highest BCUT2D eigenvalue weighted by molar-refractivity contribution is 14.1. The molecule has 2 amide bonds. The summed E-state index contributed by atoms with van der Waals surface area (Å²) in [5.74, 6) is 0.754. The lowest BCUT2D eigenvalue weighted by molar-refractivity contribution is -0.00600. The average Bonchev–Trinajstić information content (AvgIpc) is 2.33. The second-order valence-corrected chi connectivity index (χ2v) is 7.16. The second kappa shape index (κ2) is 5.13. The molecule has 4 rings (SSSR count). The van der Waals surface area contributed by atoms with Crippen LogP contribution in [0.3, 0.4) is 0 Å². The molecule has 2 aliphatic heterocycles. The Labute approximate surface area is 131 Å². The Morgan fingerprint density at radius 1 is 1.37 bits per heavy atom. The molecule has 2 heterocycles. The van der Waals surface area contributed by atoms with Gasteiger partial charge >= 0.3 is 6.03 Å². The maximum Gasteiger partial charge on any atom is 0.322 e. The summed E-state index contributed by atoms with van der Waals surface area (Å²) in [6.07, 6.45) is 3.46. The van der Waals surface area contributed by atoms with E-state index in [1.165, 1.54) is 6.42 Å². The van der Waals surface area contributed by atoms with Crippen molar-refractivity contribution < 1.29 is 4.79 Å². The Hall–Kier alpha value is -0.490. The van der Waals surface area contributed by atoms with Gasteiger partial charge in [-0.25, -0.2) is 4.79 Å². The molecular weight excluding hydrogens is 375 g/mol. The van der Waals surface area contributed by atoms with E-state index in [0.717, 1.165) is 28.0 Å². The zero-order valence-electron chi connectivity index (χ0n) is 10.7. The third-order valence-corrected chi connectivity index (χ3v) is 5.63. The minimum Gasteiger partial charge on any atom is -0.318 e. The van der Waals surface area contributed by atoms with Gasteiger partial charge in [0, 0.05) is 21.3 Å². The van der Waals surface area contributed by atoms with E-state index in [0.29, 0.717) is 17.1 Å². The van der Waals surface area contributed by atoms with Crippen molar-refractivity contribution in [3.8, 4) is 0 Å². The third kappa shape index (κ3) is 2.57.